The Labute approximate surface area is 158 Å². The highest BCUT2D eigenvalue weighted by Gasteiger charge is 2.36. The van der Waals surface area contributed by atoms with E-state index in [0.717, 1.165) is 36.6 Å². The fourth-order valence-electron chi connectivity index (χ4n) is 3.22. The van der Waals surface area contributed by atoms with Crippen LogP contribution in [0.3, 0.4) is 0 Å². The number of rotatable bonds is 7. The maximum absolute atomic E-state index is 12.0. The molecular formula is C19H26N4O4. The molecule has 2 atom stereocenters. The van der Waals surface area contributed by atoms with E-state index in [1.54, 1.807) is 14.2 Å². The number of nitrogens with zero attached hydrogens (tertiary/aromatic N) is 3. The van der Waals surface area contributed by atoms with Crippen LogP contribution in [0.5, 0.6) is 11.5 Å². The summed E-state index contributed by atoms with van der Waals surface area (Å²) in [5.41, 5.74) is 0.856. The number of morpholine rings is 1. The van der Waals surface area contributed by atoms with Crippen molar-refractivity contribution in [2.75, 3.05) is 20.8 Å². The SMILES string of the molecule is CCCn1nc(CC)nc1[C@H]1OCC(=O)N[C@@H]1c1ccc(OC)c(OC)c1. The van der Waals surface area contributed by atoms with Crippen molar-refractivity contribution in [3.63, 3.8) is 0 Å². The Morgan fingerprint density at radius 1 is 1.26 bits per heavy atom. The van der Waals surface area contributed by atoms with E-state index in [4.69, 9.17) is 14.2 Å². The molecule has 1 saturated heterocycles. The molecule has 8 heteroatoms. The molecule has 27 heavy (non-hydrogen) atoms. The minimum atomic E-state index is -0.430. The number of hydrogen-bond donors (Lipinski definition) is 1. The van der Waals surface area contributed by atoms with Crippen LogP contribution in [0.15, 0.2) is 18.2 Å². The molecule has 1 amide bonds. The van der Waals surface area contributed by atoms with Crippen molar-refractivity contribution in [3.05, 3.63) is 35.4 Å². The molecule has 0 spiro atoms. The maximum atomic E-state index is 12.0. The Morgan fingerprint density at radius 2 is 2.04 bits per heavy atom. The second-order valence-corrected chi connectivity index (χ2v) is 6.35. The Bertz CT molecular complexity index is 805. The van der Waals surface area contributed by atoms with E-state index >= 15 is 0 Å². The molecular weight excluding hydrogens is 348 g/mol. The predicted octanol–water partition coefficient (Wildman–Crippen LogP) is 2.20. The van der Waals surface area contributed by atoms with Crippen molar-refractivity contribution in [1.29, 1.82) is 0 Å². The van der Waals surface area contributed by atoms with Crippen molar-refractivity contribution in [2.45, 2.75) is 45.4 Å². The summed E-state index contributed by atoms with van der Waals surface area (Å²) in [7, 11) is 3.17. The smallest absolute Gasteiger partial charge is 0.246 e. The Kier molecular flexibility index (Phi) is 5.95. The number of hydrogen-bond acceptors (Lipinski definition) is 6. The van der Waals surface area contributed by atoms with Gasteiger partial charge in [0.25, 0.3) is 0 Å². The van der Waals surface area contributed by atoms with Gasteiger partial charge < -0.3 is 19.5 Å². The van der Waals surface area contributed by atoms with Crippen molar-refractivity contribution in [2.24, 2.45) is 0 Å². The Morgan fingerprint density at radius 3 is 2.70 bits per heavy atom. The first-order valence-electron chi connectivity index (χ1n) is 9.17. The van der Waals surface area contributed by atoms with Gasteiger partial charge in [-0.25, -0.2) is 9.67 Å². The quantitative estimate of drug-likeness (QED) is 0.799. The van der Waals surface area contributed by atoms with E-state index in [1.165, 1.54) is 0 Å². The molecule has 1 aromatic carbocycles. The fraction of sp³-hybridized carbons (Fsp3) is 0.526. The van der Waals surface area contributed by atoms with Crippen LogP contribution in [-0.4, -0.2) is 41.5 Å². The third-order valence-electron chi connectivity index (χ3n) is 4.53. The van der Waals surface area contributed by atoms with Gasteiger partial charge in [0.2, 0.25) is 5.91 Å². The first-order chi connectivity index (χ1) is 13.1. The highest BCUT2D eigenvalue weighted by Crippen LogP contribution is 2.37. The molecule has 0 aliphatic carbocycles. The number of nitrogens with one attached hydrogen (secondary N) is 1. The van der Waals surface area contributed by atoms with Crippen LogP contribution in [0, 0.1) is 0 Å². The number of methoxy groups -OCH3 is 2. The second-order valence-electron chi connectivity index (χ2n) is 6.35. The van der Waals surface area contributed by atoms with Crippen LogP contribution < -0.4 is 14.8 Å². The lowest BCUT2D eigenvalue weighted by Gasteiger charge is -2.32. The molecule has 8 nitrogen and oxygen atoms in total. The number of aromatic nitrogens is 3. The van der Waals surface area contributed by atoms with Crippen LogP contribution in [0.1, 0.15) is 49.6 Å². The Hall–Kier alpha value is -2.61. The van der Waals surface area contributed by atoms with Gasteiger partial charge in [-0.3, -0.25) is 4.79 Å². The lowest BCUT2D eigenvalue weighted by molar-refractivity contribution is -0.138. The van der Waals surface area contributed by atoms with Gasteiger partial charge in [0.15, 0.2) is 23.1 Å². The van der Waals surface area contributed by atoms with Gasteiger partial charge in [0, 0.05) is 13.0 Å². The monoisotopic (exact) mass is 374 g/mol. The van der Waals surface area contributed by atoms with Gasteiger partial charge in [-0.05, 0) is 24.1 Å². The van der Waals surface area contributed by atoms with E-state index < -0.39 is 12.1 Å². The molecule has 146 valence electrons. The second kappa shape index (κ2) is 8.39. The lowest BCUT2D eigenvalue weighted by Crippen LogP contribution is -2.42. The predicted molar refractivity (Wildman–Crippen MR) is 98.8 cm³/mol. The third kappa shape index (κ3) is 3.90. The van der Waals surface area contributed by atoms with E-state index in [9.17, 15) is 4.79 Å². The molecule has 3 rings (SSSR count). The average Bonchev–Trinajstić information content (AvgIpc) is 3.10. The van der Waals surface area contributed by atoms with Gasteiger partial charge in [0.05, 0.1) is 20.3 Å². The molecule has 0 unspecified atom stereocenters. The Balaban J connectivity index is 2.01. The van der Waals surface area contributed by atoms with Crippen LogP contribution in [0.2, 0.25) is 0 Å². The molecule has 1 fully saturated rings. The molecule has 1 aromatic heterocycles. The van der Waals surface area contributed by atoms with E-state index in [1.807, 2.05) is 29.8 Å². The van der Waals surface area contributed by atoms with Gasteiger partial charge in [-0.2, -0.15) is 5.10 Å². The average molecular weight is 374 g/mol. The standard InChI is InChI=1S/C19H26N4O4/c1-5-9-23-19(20-15(6-2)22-23)18-17(21-16(24)11-27-18)12-7-8-13(25-3)14(10-12)26-4/h7-8,10,17-18H,5-6,9,11H2,1-4H3,(H,21,24)/t17-,18+/m1/s1. The zero-order valence-electron chi connectivity index (χ0n) is 16.2. The zero-order chi connectivity index (χ0) is 19.4. The van der Waals surface area contributed by atoms with Crippen LogP contribution in [0.4, 0.5) is 0 Å². The zero-order valence-corrected chi connectivity index (χ0v) is 16.2. The fourth-order valence-corrected chi connectivity index (χ4v) is 3.22. The number of carbonyl (C=O) groups excluding carboxylic acids is 1. The molecule has 0 saturated carbocycles. The number of amides is 1. The summed E-state index contributed by atoms with van der Waals surface area (Å²) in [5.74, 6) is 2.56. The molecule has 1 aliphatic heterocycles. The number of ether oxygens (including phenoxy) is 3. The molecule has 0 bridgehead atoms. The van der Waals surface area contributed by atoms with Gasteiger partial charge in [-0.1, -0.05) is 19.9 Å². The van der Waals surface area contributed by atoms with Gasteiger partial charge >= 0.3 is 0 Å². The highest BCUT2D eigenvalue weighted by molar-refractivity contribution is 5.78. The van der Waals surface area contributed by atoms with Crippen molar-refractivity contribution >= 4 is 5.91 Å². The first kappa shape index (κ1) is 19.2. The normalized spacial score (nSPS) is 19.6. The lowest BCUT2D eigenvalue weighted by atomic mass is 9.98. The summed E-state index contributed by atoms with van der Waals surface area (Å²) >= 11 is 0. The van der Waals surface area contributed by atoms with Crippen LogP contribution in [0.25, 0.3) is 0 Å². The maximum Gasteiger partial charge on any atom is 0.246 e. The van der Waals surface area contributed by atoms with E-state index in [2.05, 4.69) is 22.3 Å². The molecule has 2 aromatic rings. The summed E-state index contributed by atoms with van der Waals surface area (Å²) in [6, 6.07) is 5.18. The van der Waals surface area contributed by atoms with Crippen molar-refractivity contribution in [1.82, 2.24) is 20.1 Å². The van der Waals surface area contributed by atoms with Crippen LogP contribution in [-0.2, 0) is 22.5 Å². The summed E-state index contributed by atoms with van der Waals surface area (Å²) in [5, 5.41) is 7.60. The minimum Gasteiger partial charge on any atom is -0.493 e. The molecule has 2 heterocycles. The number of benzene rings is 1. The minimum absolute atomic E-state index is 0.00506. The summed E-state index contributed by atoms with van der Waals surface area (Å²) in [6.07, 6.45) is 1.24. The molecule has 1 aliphatic rings. The summed E-state index contributed by atoms with van der Waals surface area (Å²) in [4.78, 5) is 16.7. The molecule has 1 N–H and O–H groups in total. The van der Waals surface area contributed by atoms with E-state index in [0.29, 0.717) is 11.5 Å². The van der Waals surface area contributed by atoms with Gasteiger partial charge in [0.1, 0.15) is 12.7 Å². The summed E-state index contributed by atoms with van der Waals surface area (Å²) < 4.78 is 18.5. The first-order valence-corrected chi connectivity index (χ1v) is 9.17. The van der Waals surface area contributed by atoms with Gasteiger partial charge in [-0.15, -0.1) is 0 Å². The van der Waals surface area contributed by atoms with Crippen LogP contribution >= 0.6 is 0 Å². The third-order valence-corrected chi connectivity index (χ3v) is 4.53. The summed E-state index contributed by atoms with van der Waals surface area (Å²) in [6.45, 7) is 4.85. The van der Waals surface area contributed by atoms with Crippen molar-refractivity contribution < 1.29 is 19.0 Å². The number of aryl methyl sites for hydroxylation is 2. The topological polar surface area (TPSA) is 87.5 Å². The van der Waals surface area contributed by atoms with Crippen molar-refractivity contribution in [3.8, 4) is 11.5 Å². The largest absolute Gasteiger partial charge is 0.493 e. The highest BCUT2D eigenvalue weighted by atomic mass is 16.5. The molecule has 0 radical (unpaired) electrons. The van der Waals surface area contributed by atoms with E-state index in [-0.39, 0.29) is 12.5 Å². The number of carbonyl (C=O) groups is 1.